The maximum atomic E-state index is 4.17. The molecule has 0 saturated heterocycles. The maximum Gasteiger partial charge on any atom is 0.0302 e. The smallest absolute Gasteiger partial charge is 0.0302 e. The van der Waals surface area contributed by atoms with E-state index in [0.29, 0.717) is 0 Å². The number of hydrogen-bond acceptors (Lipinski definition) is 2. The van der Waals surface area contributed by atoms with E-state index in [1.165, 1.54) is 48.8 Å². The fourth-order valence-corrected chi connectivity index (χ4v) is 4.34. The van der Waals surface area contributed by atoms with Crippen molar-refractivity contribution in [2.24, 2.45) is 17.8 Å². The van der Waals surface area contributed by atoms with Crippen LogP contribution in [0.4, 0.5) is 0 Å². The lowest BCUT2D eigenvalue weighted by atomic mass is 9.79. The molecule has 0 amide bonds. The van der Waals surface area contributed by atoms with Crippen LogP contribution >= 0.6 is 0 Å². The van der Waals surface area contributed by atoms with Crippen molar-refractivity contribution >= 4 is 0 Å². The van der Waals surface area contributed by atoms with E-state index < -0.39 is 0 Å². The summed E-state index contributed by atoms with van der Waals surface area (Å²) in [6, 6.07) is 4.37. The van der Waals surface area contributed by atoms with Crippen LogP contribution in [0.2, 0.25) is 0 Å². The van der Waals surface area contributed by atoms with Gasteiger partial charge in [0.1, 0.15) is 0 Å². The summed E-state index contributed by atoms with van der Waals surface area (Å²) in [6.45, 7) is 9.27. The lowest BCUT2D eigenvalue weighted by Gasteiger charge is -2.26. The molecule has 2 aliphatic carbocycles. The molecule has 0 aromatic carbocycles. The third-order valence-electron chi connectivity index (χ3n) is 6.08. The highest BCUT2D eigenvalue weighted by atomic mass is 14.6. The van der Waals surface area contributed by atoms with Gasteiger partial charge >= 0.3 is 0 Å². The van der Waals surface area contributed by atoms with Crippen LogP contribution < -0.4 is 0 Å². The molecule has 0 saturated carbocycles. The monoisotopic (exact) mass is 336 g/mol. The van der Waals surface area contributed by atoms with Gasteiger partial charge < -0.3 is 0 Å². The molecule has 0 bridgehead atoms. The molecule has 2 aliphatic rings. The first-order valence-corrected chi connectivity index (χ1v) is 9.90. The summed E-state index contributed by atoms with van der Waals surface area (Å²) < 4.78 is 0. The van der Waals surface area contributed by atoms with E-state index in [9.17, 15) is 0 Å². The highest BCUT2D eigenvalue weighted by molar-refractivity contribution is 5.32. The summed E-state index contributed by atoms with van der Waals surface area (Å²) in [5, 5.41) is 0. The van der Waals surface area contributed by atoms with E-state index in [1.807, 2.05) is 24.8 Å². The van der Waals surface area contributed by atoms with E-state index in [-0.39, 0.29) is 0 Å². The lowest BCUT2D eigenvalue weighted by molar-refractivity contribution is 0.342. The van der Waals surface area contributed by atoms with Gasteiger partial charge in [-0.05, 0) is 90.2 Å². The standard InChI is InChI=1S/C12H17N.C11H15N/c1-9(2)10-3-4-12-8-13-6-5-11(12)7-10;1-8(2)10-4-3-9-7-12-6-5-11(9)10/h5-6,8-10H,3-4,7H2,1-2H3;5-8,10H,3-4H2,1-2H3. The Morgan fingerprint density at radius 2 is 1.48 bits per heavy atom. The Bertz CT molecular complexity index is 690. The zero-order valence-electron chi connectivity index (χ0n) is 16.2. The Hall–Kier alpha value is -1.70. The molecule has 2 atom stereocenters. The predicted molar refractivity (Wildman–Crippen MR) is 105 cm³/mol. The van der Waals surface area contributed by atoms with Crippen LogP contribution in [0.1, 0.15) is 68.7 Å². The summed E-state index contributed by atoms with van der Waals surface area (Å²) in [7, 11) is 0. The Kier molecular flexibility index (Phi) is 5.88. The van der Waals surface area contributed by atoms with E-state index in [2.05, 4.69) is 49.8 Å². The Labute approximate surface area is 153 Å². The minimum absolute atomic E-state index is 0.772. The molecular formula is C23H32N2. The van der Waals surface area contributed by atoms with Crippen LogP contribution in [-0.2, 0) is 19.3 Å². The van der Waals surface area contributed by atoms with Gasteiger partial charge in [-0.15, -0.1) is 0 Å². The minimum Gasteiger partial charge on any atom is -0.264 e. The molecule has 2 aromatic rings. The fourth-order valence-electron chi connectivity index (χ4n) is 4.34. The number of pyridine rings is 2. The van der Waals surface area contributed by atoms with Crippen LogP contribution in [0, 0.1) is 17.8 Å². The highest BCUT2D eigenvalue weighted by Crippen LogP contribution is 2.37. The summed E-state index contributed by atoms with van der Waals surface area (Å²) in [4.78, 5) is 8.32. The Morgan fingerprint density at radius 1 is 0.800 bits per heavy atom. The fraction of sp³-hybridized carbons (Fsp3) is 0.565. The van der Waals surface area contributed by atoms with E-state index in [1.54, 1.807) is 5.56 Å². The van der Waals surface area contributed by atoms with Crippen molar-refractivity contribution in [2.45, 2.75) is 65.7 Å². The quantitative estimate of drug-likeness (QED) is 0.712. The van der Waals surface area contributed by atoms with E-state index in [0.717, 1.165) is 23.7 Å². The molecule has 2 heterocycles. The molecule has 134 valence electrons. The van der Waals surface area contributed by atoms with Gasteiger partial charge in [-0.25, -0.2) is 0 Å². The van der Waals surface area contributed by atoms with Crippen molar-refractivity contribution in [1.82, 2.24) is 9.97 Å². The van der Waals surface area contributed by atoms with E-state index in [4.69, 9.17) is 0 Å². The summed E-state index contributed by atoms with van der Waals surface area (Å²) in [5.74, 6) is 3.26. The third kappa shape index (κ3) is 4.29. The number of rotatable bonds is 2. The van der Waals surface area contributed by atoms with E-state index >= 15 is 0 Å². The van der Waals surface area contributed by atoms with Gasteiger partial charge in [0.2, 0.25) is 0 Å². The Morgan fingerprint density at radius 3 is 2.20 bits per heavy atom. The largest absolute Gasteiger partial charge is 0.264 e. The minimum atomic E-state index is 0.772. The maximum absolute atomic E-state index is 4.17. The molecule has 25 heavy (non-hydrogen) atoms. The number of aromatic nitrogens is 2. The normalized spacial score (nSPS) is 21.5. The van der Waals surface area contributed by atoms with Gasteiger partial charge in [0, 0.05) is 24.8 Å². The number of aryl methyl sites for hydroxylation is 2. The first-order chi connectivity index (χ1) is 12.1. The molecule has 0 N–H and O–H groups in total. The first-order valence-electron chi connectivity index (χ1n) is 9.90. The van der Waals surface area contributed by atoms with Gasteiger partial charge in [-0.2, -0.15) is 0 Å². The molecule has 0 aliphatic heterocycles. The zero-order valence-corrected chi connectivity index (χ0v) is 16.2. The molecule has 2 nitrogen and oxygen atoms in total. The number of nitrogens with zero attached hydrogens (tertiary/aromatic N) is 2. The van der Waals surface area contributed by atoms with Crippen molar-refractivity contribution in [3.05, 3.63) is 59.2 Å². The van der Waals surface area contributed by atoms with Crippen LogP contribution in [0.25, 0.3) is 0 Å². The van der Waals surface area contributed by atoms with Crippen LogP contribution in [0.15, 0.2) is 36.9 Å². The lowest BCUT2D eigenvalue weighted by Crippen LogP contribution is -2.19. The third-order valence-corrected chi connectivity index (χ3v) is 6.08. The number of fused-ring (bicyclic) bond motifs is 2. The summed E-state index contributed by atoms with van der Waals surface area (Å²) in [5.41, 5.74) is 6.01. The number of hydrogen-bond donors (Lipinski definition) is 0. The molecule has 4 rings (SSSR count). The molecule has 0 fully saturated rings. The molecular weight excluding hydrogens is 304 g/mol. The first kappa shape index (κ1) is 18.1. The van der Waals surface area contributed by atoms with Gasteiger partial charge in [0.25, 0.3) is 0 Å². The molecule has 0 spiro atoms. The van der Waals surface area contributed by atoms with Gasteiger partial charge in [0.05, 0.1) is 0 Å². The van der Waals surface area contributed by atoms with Crippen molar-refractivity contribution in [3.8, 4) is 0 Å². The van der Waals surface area contributed by atoms with Crippen LogP contribution in [0.5, 0.6) is 0 Å². The second kappa shape index (κ2) is 8.12. The molecule has 0 radical (unpaired) electrons. The SMILES string of the molecule is CC(C)C1CCc2cnccc21.CC(C)C1CCc2cnccc2C1. The van der Waals surface area contributed by atoms with Gasteiger partial charge in [0.15, 0.2) is 0 Å². The zero-order chi connectivity index (χ0) is 17.8. The summed E-state index contributed by atoms with van der Waals surface area (Å²) in [6.07, 6.45) is 14.3. The highest BCUT2D eigenvalue weighted by Gasteiger charge is 2.24. The van der Waals surface area contributed by atoms with Gasteiger partial charge in [-0.1, -0.05) is 27.7 Å². The van der Waals surface area contributed by atoms with Crippen molar-refractivity contribution in [2.75, 3.05) is 0 Å². The van der Waals surface area contributed by atoms with Crippen LogP contribution in [-0.4, -0.2) is 9.97 Å². The average Bonchev–Trinajstić information content (AvgIpc) is 3.06. The molecule has 2 heteroatoms. The topological polar surface area (TPSA) is 25.8 Å². The van der Waals surface area contributed by atoms with Crippen molar-refractivity contribution < 1.29 is 0 Å². The van der Waals surface area contributed by atoms with Gasteiger partial charge in [-0.3, -0.25) is 9.97 Å². The van der Waals surface area contributed by atoms with Crippen molar-refractivity contribution in [1.29, 1.82) is 0 Å². The average molecular weight is 337 g/mol. The second-order valence-electron chi connectivity index (χ2n) is 8.35. The van der Waals surface area contributed by atoms with Crippen molar-refractivity contribution in [3.63, 3.8) is 0 Å². The predicted octanol–water partition coefficient (Wildman–Crippen LogP) is 5.61. The Balaban J connectivity index is 0.000000146. The summed E-state index contributed by atoms with van der Waals surface area (Å²) >= 11 is 0. The second-order valence-corrected chi connectivity index (χ2v) is 8.35. The molecule has 2 aromatic heterocycles. The molecule has 2 unspecified atom stereocenters. The van der Waals surface area contributed by atoms with Crippen LogP contribution in [0.3, 0.4) is 0 Å².